The van der Waals surface area contributed by atoms with Crippen molar-refractivity contribution in [2.75, 3.05) is 37.3 Å². The predicted octanol–water partition coefficient (Wildman–Crippen LogP) is 4.91. The van der Waals surface area contributed by atoms with Crippen molar-refractivity contribution in [2.45, 2.75) is 32.4 Å². The van der Waals surface area contributed by atoms with Gasteiger partial charge in [-0.1, -0.05) is 77.2 Å². The predicted molar refractivity (Wildman–Crippen MR) is 121 cm³/mol. The molecule has 2 aromatic carbocycles. The summed E-state index contributed by atoms with van der Waals surface area (Å²) in [5.41, 5.74) is 4.20. The molecule has 146 valence electrons. The number of rotatable bonds is 9. The number of hydrogen-bond donors (Lipinski definition) is 0. The Balaban J connectivity index is 1.46. The van der Waals surface area contributed by atoms with Gasteiger partial charge in [-0.2, -0.15) is 0 Å². The Morgan fingerprint density at radius 1 is 0.963 bits per heavy atom. The summed E-state index contributed by atoms with van der Waals surface area (Å²) in [5.74, 6) is 0. The van der Waals surface area contributed by atoms with Crippen LogP contribution in [-0.4, -0.2) is 47.1 Å². The number of piperazine rings is 1. The quantitative estimate of drug-likeness (QED) is 0.377. The smallest absolute Gasteiger partial charge is 0.0983 e. The van der Waals surface area contributed by atoms with E-state index in [0.29, 0.717) is 12.6 Å². The van der Waals surface area contributed by atoms with Crippen LogP contribution in [0.5, 0.6) is 0 Å². The second-order valence-corrected chi connectivity index (χ2v) is 7.92. The minimum absolute atomic E-state index is 0.450. The first-order valence-corrected chi connectivity index (χ1v) is 11.5. The van der Waals surface area contributed by atoms with Gasteiger partial charge in [-0.15, -0.1) is 0 Å². The lowest BCUT2D eigenvalue weighted by Gasteiger charge is -2.38. The van der Waals surface area contributed by atoms with Gasteiger partial charge in [-0.3, -0.25) is 4.90 Å². The maximum absolute atomic E-state index is 5.66. The maximum atomic E-state index is 5.66. The van der Waals surface area contributed by atoms with Gasteiger partial charge in [0, 0.05) is 32.2 Å². The normalized spacial score (nSPS) is 17.1. The molecule has 27 heavy (non-hydrogen) atoms. The highest BCUT2D eigenvalue weighted by atomic mass is 127. The van der Waals surface area contributed by atoms with Crippen LogP contribution in [0.1, 0.15) is 36.1 Å². The number of nitrogens with zero attached hydrogens (tertiary/aromatic N) is 2. The van der Waals surface area contributed by atoms with Gasteiger partial charge < -0.3 is 9.64 Å². The first kappa shape index (κ1) is 20.8. The van der Waals surface area contributed by atoms with E-state index in [2.05, 4.69) is 93.9 Å². The van der Waals surface area contributed by atoms with Crippen molar-refractivity contribution in [3.63, 3.8) is 0 Å². The molecule has 1 saturated heterocycles. The van der Waals surface area contributed by atoms with E-state index < -0.39 is 0 Å². The summed E-state index contributed by atoms with van der Waals surface area (Å²) in [6.45, 7) is 8.90. The summed E-state index contributed by atoms with van der Waals surface area (Å²) in [5, 5.41) is 0. The zero-order chi connectivity index (χ0) is 18.9. The fourth-order valence-electron chi connectivity index (χ4n) is 3.94. The third kappa shape index (κ3) is 6.28. The second kappa shape index (κ2) is 11.1. The van der Waals surface area contributed by atoms with E-state index in [1.807, 2.05) is 0 Å². The molecule has 3 nitrogen and oxygen atoms in total. The van der Waals surface area contributed by atoms with Crippen LogP contribution in [0.2, 0.25) is 0 Å². The Hall–Kier alpha value is -0.950. The van der Waals surface area contributed by atoms with E-state index in [-0.39, 0.29) is 0 Å². The van der Waals surface area contributed by atoms with Crippen LogP contribution in [0.25, 0.3) is 0 Å². The third-order valence-corrected chi connectivity index (χ3v) is 6.02. The van der Waals surface area contributed by atoms with Gasteiger partial charge in [0.1, 0.15) is 0 Å². The molecular weight excluding hydrogens is 447 g/mol. The Morgan fingerprint density at radius 3 is 2.41 bits per heavy atom. The lowest BCUT2D eigenvalue weighted by Crippen LogP contribution is -2.47. The molecule has 0 amide bonds. The average molecular weight is 478 g/mol. The summed E-state index contributed by atoms with van der Waals surface area (Å²) in [6.07, 6.45) is 2.43. The summed E-state index contributed by atoms with van der Waals surface area (Å²) >= 11 is 2.27. The number of aryl methyl sites for hydroxylation is 1. The molecule has 1 fully saturated rings. The monoisotopic (exact) mass is 478 g/mol. The third-order valence-electron chi connectivity index (χ3n) is 5.58. The molecule has 1 aliphatic heterocycles. The molecule has 1 heterocycles. The van der Waals surface area contributed by atoms with Gasteiger partial charge in [0.05, 0.1) is 11.2 Å². The van der Waals surface area contributed by atoms with E-state index in [0.717, 1.165) is 17.7 Å². The highest BCUT2D eigenvalue weighted by Gasteiger charge is 2.23. The van der Waals surface area contributed by atoms with E-state index in [4.69, 9.17) is 4.74 Å². The topological polar surface area (TPSA) is 15.7 Å². The molecule has 0 spiro atoms. The van der Waals surface area contributed by atoms with Crippen LogP contribution in [-0.2, 0) is 17.8 Å². The molecule has 0 bridgehead atoms. The summed E-state index contributed by atoms with van der Waals surface area (Å²) in [4.78, 5) is 5.24. The minimum atomic E-state index is 0.450. The minimum Gasteiger partial charge on any atom is -0.366 e. The Morgan fingerprint density at radius 2 is 1.67 bits per heavy atom. The van der Waals surface area contributed by atoms with Crippen LogP contribution >= 0.6 is 22.6 Å². The van der Waals surface area contributed by atoms with Gasteiger partial charge in [0.2, 0.25) is 0 Å². The second-order valence-electron chi connectivity index (χ2n) is 7.30. The molecule has 0 aliphatic carbocycles. The van der Waals surface area contributed by atoms with Gasteiger partial charge in [-0.25, -0.2) is 0 Å². The van der Waals surface area contributed by atoms with Crippen LogP contribution in [0.4, 0.5) is 0 Å². The largest absolute Gasteiger partial charge is 0.366 e. The van der Waals surface area contributed by atoms with E-state index >= 15 is 0 Å². The number of halogens is 1. The van der Waals surface area contributed by atoms with Gasteiger partial charge >= 0.3 is 0 Å². The lowest BCUT2D eigenvalue weighted by atomic mass is 10.00. The first-order valence-electron chi connectivity index (χ1n) is 10.00. The van der Waals surface area contributed by atoms with Crippen molar-refractivity contribution in [2.24, 2.45) is 0 Å². The molecule has 0 N–H and O–H groups in total. The van der Waals surface area contributed by atoms with Crippen molar-refractivity contribution < 1.29 is 4.74 Å². The SMILES string of the molecule is C[C@@H](c1ccccc1COCI)N1CCN(CCCc2ccccc2)CC1. The van der Waals surface area contributed by atoms with Gasteiger partial charge in [0.15, 0.2) is 0 Å². The van der Waals surface area contributed by atoms with Crippen LogP contribution in [0, 0.1) is 0 Å². The molecule has 1 aliphatic rings. The molecule has 0 aromatic heterocycles. The molecule has 1 atom stereocenters. The molecular formula is C23H31IN2O. The number of hydrogen-bond acceptors (Lipinski definition) is 3. The molecule has 4 heteroatoms. The zero-order valence-electron chi connectivity index (χ0n) is 16.3. The van der Waals surface area contributed by atoms with Gasteiger partial charge in [-0.05, 0) is 43.0 Å². The van der Waals surface area contributed by atoms with Crippen LogP contribution < -0.4 is 0 Å². The zero-order valence-corrected chi connectivity index (χ0v) is 18.5. The lowest BCUT2D eigenvalue weighted by molar-refractivity contribution is 0.0999. The standard InChI is InChI=1S/C23H31IN2O/c1-20(23-12-6-5-11-22(23)18-27-19-24)26-16-14-25(15-17-26)13-7-10-21-8-3-2-4-9-21/h2-6,8-9,11-12,20H,7,10,13-19H2,1H3/t20-/m0/s1. The number of alkyl halides is 1. The van der Waals surface area contributed by atoms with Crippen LogP contribution in [0.15, 0.2) is 54.6 Å². The molecule has 0 radical (unpaired) electrons. The first-order chi connectivity index (χ1) is 13.3. The summed E-state index contributed by atoms with van der Waals surface area (Å²) in [7, 11) is 0. The fraction of sp³-hybridized carbons (Fsp3) is 0.478. The van der Waals surface area contributed by atoms with Crippen molar-refractivity contribution in [1.29, 1.82) is 0 Å². The maximum Gasteiger partial charge on any atom is 0.0983 e. The highest BCUT2D eigenvalue weighted by molar-refractivity contribution is 14.1. The molecule has 0 saturated carbocycles. The van der Waals surface area contributed by atoms with Crippen molar-refractivity contribution >= 4 is 22.6 Å². The molecule has 2 aromatic rings. The van der Waals surface area contributed by atoms with E-state index in [1.54, 1.807) is 0 Å². The average Bonchev–Trinajstić information content (AvgIpc) is 2.73. The summed E-state index contributed by atoms with van der Waals surface area (Å²) in [6, 6.07) is 20.0. The van der Waals surface area contributed by atoms with E-state index in [1.165, 1.54) is 49.2 Å². The number of ether oxygens (including phenoxy) is 1. The van der Waals surface area contributed by atoms with Crippen molar-refractivity contribution in [3.05, 3.63) is 71.3 Å². The highest BCUT2D eigenvalue weighted by Crippen LogP contribution is 2.25. The van der Waals surface area contributed by atoms with Gasteiger partial charge in [0.25, 0.3) is 0 Å². The van der Waals surface area contributed by atoms with Crippen LogP contribution in [0.3, 0.4) is 0 Å². The number of benzene rings is 2. The fourth-order valence-corrected chi connectivity index (χ4v) is 4.16. The Labute approximate surface area is 177 Å². The molecule has 3 rings (SSSR count). The Bertz CT molecular complexity index is 671. The van der Waals surface area contributed by atoms with Crippen molar-refractivity contribution in [3.8, 4) is 0 Å². The van der Waals surface area contributed by atoms with E-state index in [9.17, 15) is 0 Å². The van der Waals surface area contributed by atoms with Crippen molar-refractivity contribution in [1.82, 2.24) is 9.80 Å². The summed E-state index contributed by atoms with van der Waals surface area (Å²) < 4.78 is 6.39. The Kier molecular flexibility index (Phi) is 8.58. The molecule has 0 unspecified atom stereocenters.